The second kappa shape index (κ2) is 8.93. The molecule has 4 heteroatoms. The lowest BCUT2D eigenvalue weighted by atomic mass is 10.0. The minimum absolute atomic E-state index is 0.853. The predicted octanol–water partition coefficient (Wildman–Crippen LogP) is 12.0. The van der Waals surface area contributed by atoms with Gasteiger partial charge in [-0.2, -0.15) is 0 Å². The Bertz CT molecular complexity index is 2990. The number of rotatable bonds is 2. The SMILES string of the molecule is Cc1cc2c3cc(-n4c5ccccc5c5ccccc54)ccc3oc2c2c1oc1ccc(-n3c4ccccc4c4ccccc43)cc12. The van der Waals surface area contributed by atoms with E-state index in [0.29, 0.717) is 0 Å². The van der Waals surface area contributed by atoms with Crippen LogP contribution in [0.3, 0.4) is 0 Å². The molecule has 0 amide bonds. The number of hydrogen-bond acceptors (Lipinski definition) is 2. The number of aromatic nitrogens is 2. The lowest BCUT2D eigenvalue weighted by Gasteiger charge is -2.08. The summed E-state index contributed by atoms with van der Waals surface area (Å²) in [5, 5.41) is 9.25. The van der Waals surface area contributed by atoms with E-state index in [2.05, 4.69) is 156 Å². The van der Waals surface area contributed by atoms with Crippen LogP contribution in [0.15, 0.2) is 148 Å². The van der Waals surface area contributed by atoms with Gasteiger partial charge in [-0.25, -0.2) is 0 Å². The highest BCUT2D eigenvalue weighted by Gasteiger charge is 2.21. The average Bonchev–Trinajstić information content (AvgIpc) is 3.86. The molecule has 0 saturated carbocycles. The molecule has 0 unspecified atom stereocenters. The molecular formula is C43H26N2O2. The Balaban J connectivity index is 1.19. The zero-order chi connectivity index (χ0) is 30.8. The fraction of sp³-hybridized carbons (Fsp3) is 0.0233. The van der Waals surface area contributed by atoms with E-state index in [0.717, 1.165) is 60.8 Å². The molecule has 11 rings (SSSR count). The van der Waals surface area contributed by atoms with Gasteiger partial charge in [0.1, 0.15) is 22.3 Å². The van der Waals surface area contributed by atoms with E-state index in [1.165, 1.54) is 43.6 Å². The van der Waals surface area contributed by atoms with Crippen LogP contribution in [0, 0.1) is 6.92 Å². The smallest absolute Gasteiger partial charge is 0.147 e. The third kappa shape index (κ3) is 3.26. The van der Waals surface area contributed by atoms with Crippen LogP contribution in [0.1, 0.15) is 5.56 Å². The summed E-state index contributed by atoms with van der Waals surface area (Å²) in [6, 6.07) is 49.8. The van der Waals surface area contributed by atoms with Gasteiger partial charge in [0.05, 0.1) is 27.5 Å². The van der Waals surface area contributed by atoms with Crippen molar-refractivity contribution < 1.29 is 8.83 Å². The Morgan fingerprint density at radius 1 is 0.383 bits per heavy atom. The molecule has 220 valence electrons. The average molecular weight is 603 g/mol. The molecule has 4 aromatic heterocycles. The topological polar surface area (TPSA) is 36.1 Å². The van der Waals surface area contributed by atoms with Crippen molar-refractivity contribution in [2.24, 2.45) is 0 Å². The Kier molecular flexibility index (Phi) is 4.75. The highest BCUT2D eigenvalue weighted by molar-refractivity contribution is 6.23. The van der Waals surface area contributed by atoms with Crippen LogP contribution in [-0.4, -0.2) is 9.13 Å². The quantitative estimate of drug-likeness (QED) is 0.197. The molecule has 47 heavy (non-hydrogen) atoms. The third-order valence-electron chi connectivity index (χ3n) is 10.0. The van der Waals surface area contributed by atoms with Crippen LogP contribution < -0.4 is 0 Å². The maximum Gasteiger partial charge on any atom is 0.147 e. The van der Waals surface area contributed by atoms with E-state index < -0.39 is 0 Å². The molecule has 0 bridgehead atoms. The van der Waals surface area contributed by atoms with E-state index in [-0.39, 0.29) is 0 Å². The molecule has 0 spiro atoms. The fourth-order valence-corrected chi connectivity index (χ4v) is 7.98. The van der Waals surface area contributed by atoms with Gasteiger partial charge < -0.3 is 18.0 Å². The summed E-state index contributed by atoms with van der Waals surface area (Å²) in [5.74, 6) is 0. The van der Waals surface area contributed by atoms with Crippen molar-refractivity contribution in [2.45, 2.75) is 6.92 Å². The molecule has 0 aliphatic rings. The maximum atomic E-state index is 6.73. The van der Waals surface area contributed by atoms with Gasteiger partial charge in [0.15, 0.2) is 0 Å². The molecule has 0 fully saturated rings. The number of benzene rings is 7. The Hall–Kier alpha value is -6.26. The summed E-state index contributed by atoms with van der Waals surface area (Å²) in [5.41, 5.74) is 11.5. The molecule has 0 radical (unpaired) electrons. The van der Waals surface area contributed by atoms with Gasteiger partial charge in [0.25, 0.3) is 0 Å². The van der Waals surface area contributed by atoms with Crippen molar-refractivity contribution in [1.82, 2.24) is 9.13 Å². The van der Waals surface area contributed by atoms with E-state index >= 15 is 0 Å². The van der Waals surface area contributed by atoms with Crippen molar-refractivity contribution in [3.63, 3.8) is 0 Å². The molecule has 0 aliphatic heterocycles. The van der Waals surface area contributed by atoms with E-state index in [1.54, 1.807) is 0 Å². The molecule has 0 saturated heterocycles. The maximum absolute atomic E-state index is 6.73. The van der Waals surface area contributed by atoms with Crippen LogP contribution in [0.5, 0.6) is 0 Å². The van der Waals surface area contributed by atoms with Gasteiger partial charge in [-0.15, -0.1) is 0 Å². The molecule has 4 nitrogen and oxygen atoms in total. The summed E-state index contributed by atoms with van der Waals surface area (Å²) in [4.78, 5) is 0. The highest BCUT2D eigenvalue weighted by Crippen LogP contribution is 2.43. The standard InChI is InChI=1S/C43H26N2O2/c1-25-22-33-32-23-26(44-35-14-6-2-10-28(35)29-11-3-7-15-36(29)44)18-20-39(32)47-43(33)41-34-24-27(19-21-40(34)46-42(25)41)45-37-16-8-4-12-30(37)31-13-5-9-17-38(31)45/h2-24H,1H3. The Morgan fingerprint density at radius 2 is 0.809 bits per heavy atom. The van der Waals surface area contributed by atoms with E-state index in [9.17, 15) is 0 Å². The summed E-state index contributed by atoms with van der Waals surface area (Å²) in [6.45, 7) is 2.13. The molecule has 0 atom stereocenters. The normalized spacial score (nSPS) is 12.4. The summed E-state index contributed by atoms with van der Waals surface area (Å²) >= 11 is 0. The van der Waals surface area contributed by atoms with E-state index in [4.69, 9.17) is 8.83 Å². The van der Waals surface area contributed by atoms with Gasteiger partial charge in [-0.3, -0.25) is 0 Å². The van der Waals surface area contributed by atoms with Crippen LogP contribution in [0.4, 0.5) is 0 Å². The minimum Gasteiger partial charge on any atom is -0.456 e. The second-order valence-electron chi connectivity index (χ2n) is 12.6. The molecule has 11 aromatic rings. The summed E-state index contributed by atoms with van der Waals surface area (Å²) in [7, 11) is 0. The number of aryl methyl sites for hydroxylation is 1. The zero-order valence-corrected chi connectivity index (χ0v) is 25.5. The summed E-state index contributed by atoms with van der Waals surface area (Å²) < 4.78 is 18.0. The Morgan fingerprint density at radius 3 is 1.32 bits per heavy atom. The van der Waals surface area contributed by atoms with Crippen LogP contribution in [0.25, 0.3) is 98.9 Å². The highest BCUT2D eigenvalue weighted by atomic mass is 16.3. The van der Waals surface area contributed by atoms with Crippen molar-refractivity contribution in [2.75, 3.05) is 0 Å². The van der Waals surface area contributed by atoms with Gasteiger partial charge in [-0.1, -0.05) is 72.8 Å². The number of para-hydroxylation sites is 4. The Labute approximate surface area is 268 Å². The fourth-order valence-electron chi connectivity index (χ4n) is 7.98. The first-order valence-electron chi connectivity index (χ1n) is 16.0. The van der Waals surface area contributed by atoms with Crippen LogP contribution >= 0.6 is 0 Å². The number of furan rings is 2. The summed E-state index contributed by atoms with van der Waals surface area (Å²) in [6.07, 6.45) is 0. The van der Waals surface area contributed by atoms with Gasteiger partial charge in [0, 0.05) is 49.1 Å². The van der Waals surface area contributed by atoms with Gasteiger partial charge >= 0.3 is 0 Å². The first-order chi connectivity index (χ1) is 23.2. The third-order valence-corrected chi connectivity index (χ3v) is 10.0. The first-order valence-corrected chi connectivity index (χ1v) is 16.0. The van der Waals surface area contributed by atoms with Crippen LogP contribution in [-0.2, 0) is 0 Å². The molecule has 4 heterocycles. The minimum atomic E-state index is 0.853. The monoisotopic (exact) mass is 602 g/mol. The predicted molar refractivity (Wildman–Crippen MR) is 194 cm³/mol. The molecule has 7 aromatic carbocycles. The number of nitrogens with zero attached hydrogens (tertiary/aromatic N) is 2. The van der Waals surface area contributed by atoms with Crippen LogP contribution in [0.2, 0.25) is 0 Å². The van der Waals surface area contributed by atoms with Gasteiger partial charge in [-0.05, 0) is 79.2 Å². The van der Waals surface area contributed by atoms with E-state index in [1.807, 2.05) is 0 Å². The molecule has 0 aliphatic carbocycles. The van der Waals surface area contributed by atoms with Crippen molar-refractivity contribution in [3.8, 4) is 11.4 Å². The number of hydrogen-bond donors (Lipinski definition) is 0. The zero-order valence-electron chi connectivity index (χ0n) is 25.5. The van der Waals surface area contributed by atoms with Crippen molar-refractivity contribution in [1.29, 1.82) is 0 Å². The van der Waals surface area contributed by atoms with Crippen molar-refractivity contribution in [3.05, 3.63) is 145 Å². The second-order valence-corrected chi connectivity index (χ2v) is 12.6. The van der Waals surface area contributed by atoms with Crippen molar-refractivity contribution >= 4 is 87.5 Å². The van der Waals surface area contributed by atoms with Gasteiger partial charge in [0.2, 0.25) is 0 Å². The lowest BCUT2D eigenvalue weighted by Crippen LogP contribution is -1.93. The molecule has 0 N–H and O–H groups in total. The lowest BCUT2D eigenvalue weighted by molar-refractivity contribution is 0.660. The number of fused-ring (bicyclic) bond motifs is 13. The first kappa shape index (κ1) is 25.0. The largest absolute Gasteiger partial charge is 0.456 e. The molecular weight excluding hydrogens is 576 g/mol.